The average molecular weight is 249 g/mol. The Morgan fingerprint density at radius 2 is 1.67 bits per heavy atom. The smallest absolute Gasteiger partial charge is 0.0940 e. The summed E-state index contributed by atoms with van der Waals surface area (Å²) in [6, 6.07) is 10.7. The quantitative estimate of drug-likeness (QED) is 0.596. The number of nitrogens with two attached hydrogens (primary N) is 1. The van der Waals surface area contributed by atoms with Gasteiger partial charge in [-0.05, 0) is 5.56 Å². The summed E-state index contributed by atoms with van der Waals surface area (Å²) in [5, 5.41) is 0. The van der Waals surface area contributed by atoms with E-state index in [1.165, 1.54) is 5.56 Å². The van der Waals surface area contributed by atoms with Gasteiger partial charge in [0.1, 0.15) is 0 Å². The fraction of sp³-hybridized carbons (Fsp3) is 0.571. The highest BCUT2D eigenvalue weighted by Crippen LogP contribution is 2.07. The maximum atomic E-state index is 5.30. The number of rotatable bonds is 6. The van der Waals surface area contributed by atoms with E-state index < -0.39 is 0 Å². The second-order valence-corrected chi connectivity index (χ2v) is 4.68. The maximum Gasteiger partial charge on any atom is 0.0940 e. The predicted molar refractivity (Wildman–Crippen MR) is 73.2 cm³/mol. The fourth-order valence-electron chi connectivity index (χ4n) is 2.29. The minimum atomic E-state index is 0.327. The zero-order valence-corrected chi connectivity index (χ0v) is 10.9. The Bertz CT molecular complexity index is 323. The van der Waals surface area contributed by atoms with Crippen LogP contribution in [0.15, 0.2) is 30.3 Å². The van der Waals surface area contributed by atoms with Gasteiger partial charge in [0.25, 0.3) is 0 Å². The van der Waals surface area contributed by atoms with Gasteiger partial charge < -0.3 is 10.5 Å². The normalized spacial score (nSPS) is 18.1. The summed E-state index contributed by atoms with van der Waals surface area (Å²) < 4.78 is 5.18. The highest BCUT2D eigenvalue weighted by atomic mass is 16.5. The van der Waals surface area contributed by atoms with Crippen LogP contribution in [0.4, 0.5) is 0 Å². The molecule has 2 rings (SSSR count). The van der Waals surface area contributed by atoms with E-state index in [2.05, 4.69) is 40.1 Å². The number of nitrogens with zero attached hydrogens (tertiary/aromatic N) is 2. The third-order valence-corrected chi connectivity index (χ3v) is 3.38. The minimum Gasteiger partial charge on any atom is -0.365 e. The van der Waals surface area contributed by atoms with Crippen LogP contribution in [-0.2, 0) is 11.3 Å². The van der Waals surface area contributed by atoms with Crippen LogP contribution < -0.4 is 5.73 Å². The van der Waals surface area contributed by atoms with E-state index in [-0.39, 0.29) is 0 Å². The van der Waals surface area contributed by atoms with E-state index in [1.54, 1.807) is 0 Å². The summed E-state index contributed by atoms with van der Waals surface area (Å²) in [6.07, 6.45) is 0. The lowest BCUT2D eigenvalue weighted by Crippen LogP contribution is -2.46. The van der Waals surface area contributed by atoms with Gasteiger partial charge in [0.15, 0.2) is 0 Å². The Morgan fingerprint density at radius 1 is 1.00 bits per heavy atom. The molecule has 1 heterocycles. The summed E-state index contributed by atoms with van der Waals surface area (Å²) >= 11 is 0. The van der Waals surface area contributed by atoms with Crippen LogP contribution in [0.5, 0.6) is 0 Å². The lowest BCUT2D eigenvalue weighted by molar-refractivity contribution is 0.0761. The zero-order valence-electron chi connectivity index (χ0n) is 10.9. The van der Waals surface area contributed by atoms with Crippen molar-refractivity contribution in [3.63, 3.8) is 0 Å². The van der Waals surface area contributed by atoms with Crippen LogP contribution in [0.3, 0.4) is 0 Å². The Morgan fingerprint density at radius 3 is 2.33 bits per heavy atom. The molecule has 0 bridgehead atoms. The molecule has 1 fully saturated rings. The third-order valence-electron chi connectivity index (χ3n) is 3.38. The first-order valence-electron chi connectivity index (χ1n) is 6.65. The second-order valence-electron chi connectivity index (χ2n) is 4.68. The van der Waals surface area contributed by atoms with Gasteiger partial charge in [-0.3, -0.25) is 9.80 Å². The first kappa shape index (κ1) is 13.5. The summed E-state index contributed by atoms with van der Waals surface area (Å²) in [4.78, 5) is 4.95. The monoisotopic (exact) mass is 249 g/mol. The molecular weight excluding hydrogens is 226 g/mol. The molecule has 0 radical (unpaired) electrons. The molecule has 4 heteroatoms. The van der Waals surface area contributed by atoms with E-state index in [4.69, 9.17) is 10.5 Å². The van der Waals surface area contributed by atoms with E-state index in [9.17, 15) is 0 Å². The van der Waals surface area contributed by atoms with E-state index in [0.29, 0.717) is 6.73 Å². The lowest BCUT2D eigenvalue weighted by Gasteiger charge is -2.34. The van der Waals surface area contributed by atoms with Crippen LogP contribution in [0.1, 0.15) is 5.56 Å². The van der Waals surface area contributed by atoms with Gasteiger partial charge in [0.05, 0.1) is 13.3 Å². The molecule has 1 aromatic carbocycles. The van der Waals surface area contributed by atoms with Crippen LogP contribution >= 0.6 is 0 Å². The SMILES string of the molecule is NCOCCN1CCN(Cc2ccccc2)CC1. The van der Waals surface area contributed by atoms with Gasteiger partial charge in [-0.25, -0.2) is 0 Å². The lowest BCUT2D eigenvalue weighted by atomic mass is 10.2. The van der Waals surface area contributed by atoms with Crippen molar-refractivity contribution in [2.45, 2.75) is 6.54 Å². The topological polar surface area (TPSA) is 41.7 Å². The fourth-order valence-corrected chi connectivity index (χ4v) is 2.29. The van der Waals surface area contributed by atoms with Gasteiger partial charge in [-0.2, -0.15) is 0 Å². The molecule has 1 aliphatic rings. The summed E-state index contributed by atoms with van der Waals surface area (Å²) in [5.74, 6) is 0. The number of hydrogen-bond donors (Lipinski definition) is 1. The summed E-state index contributed by atoms with van der Waals surface area (Å²) in [7, 11) is 0. The first-order valence-corrected chi connectivity index (χ1v) is 6.65. The Kier molecular flexibility index (Phi) is 5.61. The molecule has 0 aliphatic carbocycles. The van der Waals surface area contributed by atoms with Crippen LogP contribution in [0, 0.1) is 0 Å². The molecule has 0 atom stereocenters. The summed E-state index contributed by atoms with van der Waals surface area (Å²) in [6.45, 7) is 7.66. The molecule has 4 nitrogen and oxygen atoms in total. The average Bonchev–Trinajstić information content (AvgIpc) is 2.42. The molecule has 0 spiro atoms. The Hall–Kier alpha value is -0.940. The summed E-state index contributed by atoms with van der Waals surface area (Å²) in [5.41, 5.74) is 6.70. The first-order chi connectivity index (χ1) is 8.88. The molecule has 18 heavy (non-hydrogen) atoms. The van der Waals surface area contributed by atoms with Crippen molar-refractivity contribution in [1.82, 2.24) is 9.80 Å². The Labute approximate surface area is 109 Å². The number of ether oxygens (including phenoxy) is 1. The van der Waals surface area contributed by atoms with Gasteiger partial charge in [-0.1, -0.05) is 30.3 Å². The molecule has 100 valence electrons. The van der Waals surface area contributed by atoms with E-state index in [0.717, 1.165) is 45.9 Å². The molecule has 1 aliphatic heterocycles. The highest BCUT2D eigenvalue weighted by Gasteiger charge is 2.16. The van der Waals surface area contributed by atoms with E-state index >= 15 is 0 Å². The number of hydrogen-bond acceptors (Lipinski definition) is 4. The molecule has 0 unspecified atom stereocenters. The molecule has 0 aromatic heterocycles. The van der Waals surface area contributed by atoms with E-state index in [1.807, 2.05) is 0 Å². The van der Waals surface area contributed by atoms with Crippen LogP contribution in [-0.4, -0.2) is 55.9 Å². The molecule has 1 aromatic rings. The molecule has 0 saturated carbocycles. The second kappa shape index (κ2) is 7.48. The van der Waals surface area contributed by atoms with Crippen molar-refractivity contribution >= 4 is 0 Å². The van der Waals surface area contributed by atoms with Gasteiger partial charge >= 0.3 is 0 Å². The molecular formula is C14H23N3O. The standard InChI is InChI=1S/C14H23N3O/c15-13-18-11-10-16-6-8-17(9-7-16)12-14-4-2-1-3-5-14/h1-5H,6-13,15H2. The molecule has 2 N–H and O–H groups in total. The van der Waals surface area contributed by atoms with Gasteiger partial charge in [0, 0.05) is 39.3 Å². The third kappa shape index (κ3) is 4.38. The van der Waals surface area contributed by atoms with Crippen molar-refractivity contribution in [3.8, 4) is 0 Å². The number of piperazine rings is 1. The van der Waals surface area contributed by atoms with Crippen molar-refractivity contribution < 1.29 is 4.74 Å². The van der Waals surface area contributed by atoms with Gasteiger partial charge in [0.2, 0.25) is 0 Å². The highest BCUT2D eigenvalue weighted by molar-refractivity contribution is 5.14. The number of benzene rings is 1. The van der Waals surface area contributed by atoms with Crippen molar-refractivity contribution in [3.05, 3.63) is 35.9 Å². The molecule has 1 saturated heterocycles. The molecule has 0 amide bonds. The van der Waals surface area contributed by atoms with Crippen molar-refractivity contribution in [2.24, 2.45) is 5.73 Å². The van der Waals surface area contributed by atoms with Crippen LogP contribution in [0.25, 0.3) is 0 Å². The maximum absolute atomic E-state index is 5.30. The minimum absolute atomic E-state index is 0.327. The predicted octanol–water partition coefficient (Wildman–Crippen LogP) is 0.737. The Balaban J connectivity index is 1.67. The van der Waals surface area contributed by atoms with Crippen molar-refractivity contribution in [2.75, 3.05) is 46.1 Å². The zero-order chi connectivity index (χ0) is 12.6. The largest absolute Gasteiger partial charge is 0.365 e. The van der Waals surface area contributed by atoms with Crippen LogP contribution in [0.2, 0.25) is 0 Å². The van der Waals surface area contributed by atoms with Crippen molar-refractivity contribution in [1.29, 1.82) is 0 Å². The van der Waals surface area contributed by atoms with Gasteiger partial charge in [-0.15, -0.1) is 0 Å².